The topological polar surface area (TPSA) is 77.8 Å². The van der Waals surface area contributed by atoms with Crippen LogP contribution in [0.4, 0.5) is 0 Å². The number of fused-ring (bicyclic) bond motifs is 4. The van der Waals surface area contributed by atoms with Gasteiger partial charge in [-0.25, -0.2) is 19.9 Å². The van der Waals surface area contributed by atoms with Crippen LogP contribution in [-0.2, 0) is 0 Å². The van der Waals surface area contributed by atoms with E-state index in [2.05, 4.69) is 78.9 Å². The van der Waals surface area contributed by atoms with Crippen LogP contribution < -0.4 is 0 Å². The van der Waals surface area contributed by atoms with E-state index in [1.54, 1.807) is 0 Å². The maximum absolute atomic E-state index is 6.72. The van der Waals surface area contributed by atoms with E-state index in [9.17, 15) is 0 Å². The Hall–Kier alpha value is -7.96. The van der Waals surface area contributed by atoms with Gasteiger partial charge in [0.2, 0.25) is 5.89 Å². The van der Waals surface area contributed by atoms with Crippen molar-refractivity contribution in [3.8, 4) is 79.0 Å². The van der Waals surface area contributed by atoms with Crippen LogP contribution in [-0.4, -0.2) is 19.9 Å². The Bertz CT molecular complexity index is 3220. The number of furan rings is 1. The number of oxazole rings is 1. The van der Waals surface area contributed by atoms with Crippen molar-refractivity contribution in [3.05, 3.63) is 194 Å². The molecule has 6 nitrogen and oxygen atoms in total. The van der Waals surface area contributed by atoms with Crippen LogP contribution in [0.15, 0.2) is 203 Å². The summed E-state index contributed by atoms with van der Waals surface area (Å²) in [5, 5.41) is 2.03. The zero-order valence-corrected chi connectivity index (χ0v) is 31.1. The number of aromatic nitrogens is 4. The molecule has 0 fully saturated rings. The standard InChI is InChI=1S/C52H32N4O2/c1-4-16-33(17-5-1)37-22-10-13-25-43(37)52-53-47-38(26-15-29-46(47)58-52)36-30-31-45-44(32-36)41-28-14-27-40(48(41)57-45)39-23-11-12-24-42(39)51-55-49(34-18-6-2-7-19-34)54-50(56-51)35-20-8-3-9-21-35/h1-32H. The van der Waals surface area contributed by atoms with E-state index in [-0.39, 0.29) is 0 Å². The monoisotopic (exact) mass is 744 g/mol. The molecule has 3 aromatic heterocycles. The van der Waals surface area contributed by atoms with Crippen LogP contribution in [0.5, 0.6) is 0 Å². The molecule has 0 spiro atoms. The second-order valence-electron chi connectivity index (χ2n) is 14.2. The number of hydrogen-bond acceptors (Lipinski definition) is 6. The molecule has 0 aliphatic heterocycles. The van der Waals surface area contributed by atoms with Crippen molar-refractivity contribution in [2.24, 2.45) is 0 Å². The first-order chi connectivity index (χ1) is 28.7. The number of para-hydroxylation sites is 2. The average molecular weight is 745 g/mol. The van der Waals surface area contributed by atoms with Crippen molar-refractivity contribution in [1.29, 1.82) is 0 Å². The van der Waals surface area contributed by atoms with E-state index < -0.39 is 0 Å². The smallest absolute Gasteiger partial charge is 0.227 e. The molecule has 272 valence electrons. The highest BCUT2D eigenvalue weighted by atomic mass is 16.3. The van der Waals surface area contributed by atoms with E-state index >= 15 is 0 Å². The summed E-state index contributed by atoms with van der Waals surface area (Å²) in [4.78, 5) is 20.1. The summed E-state index contributed by atoms with van der Waals surface area (Å²) in [6, 6.07) is 65.7. The zero-order valence-electron chi connectivity index (χ0n) is 31.1. The highest BCUT2D eigenvalue weighted by Gasteiger charge is 2.21. The number of hydrogen-bond donors (Lipinski definition) is 0. The lowest BCUT2D eigenvalue weighted by molar-refractivity contribution is 0.620. The van der Waals surface area contributed by atoms with Gasteiger partial charge in [0.05, 0.1) is 0 Å². The molecule has 0 saturated heterocycles. The Morgan fingerprint density at radius 2 is 0.845 bits per heavy atom. The summed E-state index contributed by atoms with van der Waals surface area (Å²) in [6.45, 7) is 0. The van der Waals surface area contributed by atoms with Crippen molar-refractivity contribution in [2.75, 3.05) is 0 Å². The SMILES string of the molecule is c1ccc(-c2nc(-c3ccccc3)nc(-c3ccccc3-c3cccc4c3oc3ccc(-c5cccc6oc(-c7ccccc7-c7ccccc7)nc56)cc34)n2)cc1. The third-order valence-corrected chi connectivity index (χ3v) is 10.6. The van der Waals surface area contributed by atoms with Crippen LogP contribution in [0.25, 0.3) is 112 Å². The minimum Gasteiger partial charge on any atom is -0.455 e. The molecule has 0 N–H and O–H groups in total. The minimum atomic E-state index is 0.588. The van der Waals surface area contributed by atoms with Crippen molar-refractivity contribution in [2.45, 2.75) is 0 Å². The summed E-state index contributed by atoms with van der Waals surface area (Å²) in [7, 11) is 0. The predicted octanol–water partition coefficient (Wildman–Crippen LogP) is 13.6. The van der Waals surface area contributed by atoms with Crippen LogP contribution in [0.2, 0.25) is 0 Å². The van der Waals surface area contributed by atoms with Gasteiger partial charge in [-0.3, -0.25) is 0 Å². The average Bonchev–Trinajstić information content (AvgIpc) is 3.92. The van der Waals surface area contributed by atoms with Gasteiger partial charge in [-0.05, 0) is 46.5 Å². The van der Waals surface area contributed by atoms with E-state index in [4.69, 9.17) is 28.8 Å². The molecule has 0 bridgehead atoms. The number of rotatable bonds is 7. The van der Waals surface area contributed by atoms with Gasteiger partial charge in [0.15, 0.2) is 23.1 Å². The van der Waals surface area contributed by atoms with Gasteiger partial charge in [0.1, 0.15) is 16.7 Å². The lowest BCUT2D eigenvalue weighted by Crippen LogP contribution is -2.01. The molecule has 0 unspecified atom stereocenters. The molecule has 0 atom stereocenters. The largest absolute Gasteiger partial charge is 0.455 e. The lowest BCUT2D eigenvalue weighted by atomic mass is 9.96. The molecule has 11 rings (SSSR count). The fourth-order valence-electron chi connectivity index (χ4n) is 7.86. The Morgan fingerprint density at radius 1 is 0.293 bits per heavy atom. The molecule has 6 heteroatoms. The Labute approximate surface area is 333 Å². The molecule has 58 heavy (non-hydrogen) atoms. The molecule has 3 heterocycles. The first-order valence-electron chi connectivity index (χ1n) is 19.2. The maximum Gasteiger partial charge on any atom is 0.227 e. The van der Waals surface area contributed by atoms with Crippen LogP contribution in [0, 0.1) is 0 Å². The molecule has 0 aliphatic carbocycles. The van der Waals surface area contributed by atoms with Crippen LogP contribution in [0.1, 0.15) is 0 Å². The second-order valence-corrected chi connectivity index (χ2v) is 14.2. The highest BCUT2D eigenvalue weighted by molar-refractivity contribution is 6.12. The van der Waals surface area contributed by atoms with Crippen molar-refractivity contribution >= 4 is 33.0 Å². The van der Waals surface area contributed by atoms with Crippen molar-refractivity contribution < 1.29 is 8.83 Å². The molecular weight excluding hydrogens is 713 g/mol. The Morgan fingerprint density at radius 3 is 1.55 bits per heavy atom. The van der Waals surface area contributed by atoms with Gasteiger partial charge in [0, 0.05) is 44.2 Å². The lowest BCUT2D eigenvalue weighted by Gasteiger charge is -2.12. The van der Waals surface area contributed by atoms with Gasteiger partial charge in [-0.15, -0.1) is 0 Å². The second kappa shape index (κ2) is 14.0. The molecule has 0 amide bonds. The van der Waals surface area contributed by atoms with Gasteiger partial charge in [0.25, 0.3) is 0 Å². The summed E-state index contributed by atoms with van der Waals surface area (Å²) in [5.74, 6) is 2.40. The van der Waals surface area contributed by atoms with Gasteiger partial charge < -0.3 is 8.83 Å². The minimum absolute atomic E-state index is 0.588. The summed E-state index contributed by atoms with van der Waals surface area (Å²) >= 11 is 0. The van der Waals surface area contributed by atoms with Crippen molar-refractivity contribution in [1.82, 2.24) is 19.9 Å². The summed E-state index contributed by atoms with van der Waals surface area (Å²) in [5.41, 5.74) is 12.9. The van der Waals surface area contributed by atoms with Crippen LogP contribution in [0.3, 0.4) is 0 Å². The quantitative estimate of drug-likeness (QED) is 0.162. The summed E-state index contributed by atoms with van der Waals surface area (Å²) in [6.07, 6.45) is 0. The third kappa shape index (κ3) is 5.83. The van der Waals surface area contributed by atoms with Crippen LogP contribution >= 0.6 is 0 Å². The Kier molecular flexibility index (Phi) is 8.04. The highest BCUT2D eigenvalue weighted by Crippen LogP contribution is 2.42. The first-order valence-corrected chi connectivity index (χ1v) is 19.2. The van der Waals surface area contributed by atoms with E-state index in [1.807, 2.05) is 115 Å². The van der Waals surface area contributed by atoms with Gasteiger partial charge >= 0.3 is 0 Å². The maximum atomic E-state index is 6.72. The van der Waals surface area contributed by atoms with E-state index in [0.717, 1.165) is 88.7 Å². The third-order valence-electron chi connectivity index (χ3n) is 10.6. The number of benzene rings is 8. The van der Waals surface area contributed by atoms with E-state index in [0.29, 0.717) is 23.4 Å². The molecular formula is C52H32N4O2. The molecule has 8 aromatic carbocycles. The normalized spacial score (nSPS) is 11.4. The first kappa shape index (κ1) is 33.4. The number of nitrogens with zero attached hydrogens (tertiary/aromatic N) is 4. The summed E-state index contributed by atoms with van der Waals surface area (Å²) < 4.78 is 13.2. The molecule has 0 saturated carbocycles. The van der Waals surface area contributed by atoms with Gasteiger partial charge in [-0.1, -0.05) is 170 Å². The van der Waals surface area contributed by atoms with E-state index in [1.165, 1.54) is 0 Å². The fourth-order valence-corrected chi connectivity index (χ4v) is 7.86. The predicted molar refractivity (Wildman–Crippen MR) is 233 cm³/mol. The Balaban J connectivity index is 1.03. The molecule has 0 aliphatic rings. The fraction of sp³-hybridized carbons (Fsp3) is 0. The molecule has 0 radical (unpaired) electrons. The zero-order chi connectivity index (χ0) is 38.4. The molecule has 11 aromatic rings. The van der Waals surface area contributed by atoms with Gasteiger partial charge in [-0.2, -0.15) is 0 Å². The van der Waals surface area contributed by atoms with Crippen molar-refractivity contribution in [3.63, 3.8) is 0 Å².